The molecule has 0 bridgehead atoms. The summed E-state index contributed by atoms with van der Waals surface area (Å²) in [5.41, 5.74) is 9.07. The monoisotopic (exact) mass is 283 g/mol. The molecule has 90 valence electrons. The Hall–Kier alpha value is -0.340. The molecule has 2 heteroatoms. The van der Waals surface area contributed by atoms with Crippen LogP contribution in [0, 0.1) is 12.3 Å². The zero-order valence-corrected chi connectivity index (χ0v) is 12.3. The fourth-order valence-electron chi connectivity index (χ4n) is 1.73. The van der Waals surface area contributed by atoms with Gasteiger partial charge in [0.05, 0.1) is 0 Å². The zero-order valence-electron chi connectivity index (χ0n) is 10.7. The van der Waals surface area contributed by atoms with Crippen LogP contribution in [0.1, 0.15) is 50.8 Å². The van der Waals surface area contributed by atoms with E-state index in [9.17, 15) is 0 Å². The lowest BCUT2D eigenvalue weighted by Gasteiger charge is -2.21. The molecule has 0 aliphatic rings. The molecule has 0 amide bonds. The summed E-state index contributed by atoms with van der Waals surface area (Å²) in [6.45, 7) is 8.87. The van der Waals surface area contributed by atoms with Gasteiger partial charge in [0.2, 0.25) is 0 Å². The van der Waals surface area contributed by atoms with E-state index in [4.69, 9.17) is 5.73 Å². The second-order valence-corrected chi connectivity index (χ2v) is 6.68. The number of hydrogen-bond acceptors (Lipinski definition) is 1. The van der Waals surface area contributed by atoms with Crippen LogP contribution < -0.4 is 5.73 Å². The van der Waals surface area contributed by atoms with Crippen molar-refractivity contribution in [2.75, 3.05) is 0 Å². The molecule has 0 spiro atoms. The van der Waals surface area contributed by atoms with Crippen LogP contribution >= 0.6 is 15.9 Å². The Balaban J connectivity index is 2.69. The highest BCUT2D eigenvalue weighted by Crippen LogP contribution is 2.27. The van der Waals surface area contributed by atoms with Crippen molar-refractivity contribution in [3.63, 3.8) is 0 Å². The standard InChI is InChI=1S/C14H22BrN/c1-10-7-11(9-12(15)8-10)13(16)5-6-14(2,3)4/h7-9,13H,5-6,16H2,1-4H3. The average Bonchev–Trinajstić information content (AvgIpc) is 2.11. The van der Waals surface area contributed by atoms with Crippen molar-refractivity contribution in [2.24, 2.45) is 11.1 Å². The molecule has 0 aromatic heterocycles. The van der Waals surface area contributed by atoms with Gasteiger partial charge < -0.3 is 5.73 Å². The molecule has 0 fully saturated rings. The van der Waals surface area contributed by atoms with E-state index < -0.39 is 0 Å². The largest absolute Gasteiger partial charge is 0.324 e. The number of benzene rings is 1. The molecule has 1 aromatic rings. The van der Waals surface area contributed by atoms with Crippen LogP contribution in [0.15, 0.2) is 22.7 Å². The third-order valence-corrected chi connectivity index (χ3v) is 3.16. The smallest absolute Gasteiger partial charge is 0.0295 e. The number of hydrogen-bond donors (Lipinski definition) is 1. The Morgan fingerprint density at radius 2 is 1.88 bits per heavy atom. The van der Waals surface area contributed by atoms with E-state index in [-0.39, 0.29) is 6.04 Å². The van der Waals surface area contributed by atoms with Crippen LogP contribution in [-0.4, -0.2) is 0 Å². The lowest BCUT2D eigenvalue weighted by molar-refractivity contribution is 0.350. The molecule has 1 aromatic carbocycles. The minimum atomic E-state index is 0.149. The minimum absolute atomic E-state index is 0.149. The van der Waals surface area contributed by atoms with Gasteiger partial charge in [-0.05, 0) is 48.4 Å². The summed E-state index contributed by atoms with van der Waals surface area (Å²) in [5.74, 6) is 0. The molecule has 2 N–H and O–H groups in total. The van der Waals surface area contributed by atoms with Gasteiger partial charge in [-0.3, -0.25) is 0 Å². The first-order chi connectivity index (χ1) is 7.28. The molecule has 1 nitrogen and oxygen atoms in total. The third kappa shape index (κ3) is 4.67. The van der Waals surface area contributed by atoms with Gasteiger partial charge in [0.15, 0.2) is 0 Å². The summed E-state index contributed by atoms with van der Waals surface area (Å²) < 4.78 is 1.12. The highest BCUT2D eigenvalue weighted by Gasteiger charge is 2.14. The van der Waals surface area contributed by atoms with Gasteiger partial charge in [0, 0.05) is 10.5 Å². The first kappa shape index (κ1) is 13.7. The molecular formula is C14H22BrN. The second-order valence-electron chi connectivity index (χ2n) is 5.77. The maximum absolute atomic E-state index is 6.22. The first-order valence-electron chi connectivity index (χ1n) is 5.80. The summed E-state index contributed by atoms with van der Waals surface area (Å²) in [4.78, 5) is 0. The Morgan fingerprint density at radius 1 is 1.25 bits per heavy atom. The minimum Gasteiger partial charge on any atom is -0.324 e. The van der Waals surface area contributed by atoms with Crippen molar-refractivity contribution >= 4 is 15.9 Å². The molecule has 0 heterocycles. The summed E-state index contributed by atoms with van der Waals surface area (Å²) in [6.07, 6.45) is 2.19. The van der Waals surface area contributed by atoms with Gasteiger partial charge in [-0.25, -0.2) is 0 Å². The second kappa shape index (κ2) is 5.33. The van der Waals surface area contributed by atoms with Gasteiger partial charge >= 0.3 is 0 Å². The van der Waals surface area contributed by atoms with Gasteiger partial charge in [-0.1, -0.05) is 42.8 Å². The van der Waals surface area contributed by atoms with E-state index in [0.29, 0.717) is 5.41 Å². The molecule has 1 atom stereocenters. The van der Waals surface area contributed by atoms with Crippen LogP contribution in [0.3, 0.4) is 0 Å². The van der Waals surface area contributed by atoms with Crippen LogP contribution in [0.4, 0.5) is 0 Å². The molecule has 0 aliphatic carbocycles. The summed E-state index contributed by atoms with van der Waals surface area (Å²) in [5, 5.41) is 0. The maximum Gasteiger partial charge on any atom is 0.0295 e. The molecule has 1 rings (SSSR count). The highest BCUT2D eigenvalue weighted by molar-refractivity contribution is 9.10. The summed E-state index contributed by atoms with van der Waals surface area (Å²) >= 11 is 3.52. The normalized spacial score (nSPS) is 13.9. The number of nitrogens with two attached hydrogens (primary N) is 1. The number of halogens is 1. The van der Waals surface area contributed by atoms with Gasteiger partial charge in [0.25, 0.3) is 0 Å². The van der Waals surface area contributed by atoms with Crippen molar-refractivity contribution in [1.29, 1.82) is 0 Å². The van der Waals surface area contributed by atoms with Crippen molar-refractivity contribution in [3.8, 4) is 0 Å². The number of aryl methyl sites for hydroxylation is 1. The lowest BCUT2D eigenvalue weighted by Crippen LogP contribution is -2.14. The van der Waals surface area contributed by atoms with Gasteiger partial charge in [-0.2, -0.15) is 0 Å². The Labute approximate surface area is 108 Å². The predicted octanol–water partition coefficient (Wildman–Crippen LogP) is 4.58. The van der Waals surface area contributed by atoms with Crippen LogP contribution in [0.5, 0.6) is 0 Å². The zero-order chi connectivity index (χ0) is 12.3. The molecule has 0 saturated carbocycles. The number of rotatable bonds is 3. The lowest BCUT2D eigenvalue weighted by atomic mass is 9.87. The van der Waals surface area contributed by atoms with Gasteiger partial charge in [-0.15, -0.1) is 0 Å². The van der Waals surface area contributed by atoms with E-state index in [0.717, 1.165) is 17.3 Å². The Morgan fingerprint density at radius 3 is 2.38 bits per heavy atom. The predicted molar refractivity (Wildman–Crippen MR) is 74.5 cm³/mol. The molecule has 16 heavy (non-hydrogen) atoms. The van der Waals surface area contributed by atoms with E-state index in [1.807, 2.05) is 0 Å². The first-order valence-corrected chi connectivity index (χ1v) is 6.60. The van der Waals surface area contributed by atoms with Crippen LogP contribution in [-0.2, 0) is 0 Å². The highest BCUT2D eigenvalue weighted by atomic mass is 79.9. The van der Waals surface area contributed by atoms with E-state index in [1.165, 1.54) is 11.1 Å². The third-order valence-electron chi connectivity index (χ3n) is 2.70. The quantitative estimate of drug-likeness (QED) is 0.863. The van der Waals surface area contributed by atoms with E-state index >= 15 is 0 Å². The van der Waals surface area contributed by atoms with Gasteiger partial charge in [0.1, 0.15) is 0 Å². The van der Waals surface area contributed by atoms with Crippen molar-refractivity contribution in [2.45, 2.75) is 46.6 Å². The molecule has 1 unspecified atom stereocenters. The van der Waals surface area contributed by atoms with Crippen molar-refractivity contribution in [3.05, 3.63) is 33.8 Å². The summed E-state index contributed by atoms with van der Waals surface area (Å²) in [6, 6.07) is 6.56. The summed E-state index contributed by atoms with van der Waals surface area (Å²) in [7, 11) is 0. The van der Waals surface area contributed by atoms with Crippen LogP contribution in [0.2, 0.25) is 0 Å². The molecule has 0 radical (unpaired) electrons. The fourth-order valence-corrected chi connectivity index (χ4v) is 2.36. The van der Waals surface area contributed by atoms with Crippen LogP contribution in [0.25, 0.3) is 0 Å². The molecule has 0 aliphatic heterocycles. The molecule has 0 saturated heterocycles. The van der Waals surface area contributed by atoms with Crippen molar-refractivity contribution in [1.82, 2.24) is 0 Å². The Bertz CT molecular complexity index is 332. The van der Waals surface area contributed by atoms with E-state index in [1.54, 1.807) is 0 Å². The topological polar surface area (TPSA) is 26.0 Å². The fraction of sp³-hybridized carbons (Fsp3) is 0.571. The van der Waals surface area contributed by atoms with Crippen molar-refractivity contribution < 1.29 is 0 Å². The maximum atomic E-state index is 6.22. The molecular weight excluding hydrogens is 262 g/mol. The van der Waals surface area contributed by atoms with E-state index in [2.05, 4.69) is 61.8 Å². The average molecular weight is 284 g/mol. The Kier molecular flexibility index (Phi) is 4.57. The SMILES string of the molecule is Cc1cc(Br)cc(C(N)CCC(C)(C)C)c1.